The number of nitrogens with one attached hydrogen (secondary N) is 1. The SMILES string of the molecule is CC(C)C(Nc1ccncc1Cl)C(N)=O. The lowest BCUT2D eigenvalue weighted by Gasteiger charge is -2.20. The summed E-state index contributed by atoms with van der Waals surface area (Å²) in [4.78, 5) is 15.0. The third-order valence-electron chi connectivity index (χ3n) is 2.06. The molecule has 0 bridgehead atoms. The van der Waals surface area contributed by atoms with Gasteiger partial charge in [-0.15, -0.1) is 0 Å². The van der Waals surface area contributed by atoms with E-state index in [0.717, 1.165) is 0 Å². The zero-order valence-corrected chi connectivity index (χ0v) is 9.45. The number of hydrogen-bond donors (Lipinski definition) is 2. The number of carbonyl (C=O) groups excluding carboxylic acids is 1. The van der Waals surface area contributed by atoms with Gasteiger partial charge in [0.1, 0.15) is 6.04 Å². The van der Waals surface area contributed by atoms with E-state index in [-0.39, 0.29) is 5.92 Å². The largest absolute Gasteiger partial charge is 0.372 e. The van der Waals surface area contributed by atoms with Gasteiger partial charge in [-0.25, -0.2) is 0 Å². The van der Waals surface area contributed by atoms with Crippen LogP contribution >= 0.6 is 11.6 Å². The van der Waals surface area contributed by atoms with E-state index in [1.807, 2.05) is 13.8 Å². The Hall–Kier alpha value is -1.29. The fourth-order valence-electron chi connectivity index (χ4n) is 1.23. The van der Waals surface area contributed by atoms with Crippen LogP contribution in [0.3, 0.4) is 0 Å². The second kappa shape index (κ2) is 4.98. The standard InChI is InChI=1S/C10H14ClN3O/c1-6(2)9(10(12)15)14-8-3-4-13-5-7(8)11/h3-6,9H,1-2H3,(H2,12,15)(H,13,14). The van der Waals surface area contributed by atoms with Crippen LogP contribution in [0.4, 0.5) is 5.69 Å². The van der Waals surface area contributed by atoms with Crippen LogP contribution in [0, 0.1) is 5.92 Å². The van der Waals surface area contributed by atoms with Crippen LogP contribution in [0.5, 0.6) is 0 Å². The van der Waals surface area contributed by atoms with Crippen molar-refractivity contribution in [1.29, 1.82) is 0 Å². The molecular weight excluding hydrogens is 214 g/mol. The fraction of sp³-hybridized carbons (Fsp3) is 0.400. The lowest BCUT2D eigenvalue weighted by molar-refractivity contribution is -0.119. The first-order chi connectivity index (χ1) is 7.02. The Kier molecular flexibility index (Phi) is 3.91. The maximum absolute atomic E-state index is 11.2. The summed E-state index contributed by atoms with van der Waals surface area (Å²) >= 11 is 5.90. The Labute approximate surface area is 93.8 Å². The number of primary amides is 1. The van der Waals surface area contributed by atoms with Gasteiger partial charge < -0.3 is 11.1 Å². The van der Waals surface area contributed by atoms with Crippen molar-refractivity contribution in [2.75, 3.05) is 5.32 Å². The predicted octanol–water partition coefficient (Wildman–Crippen LogP) is 1.66. The van der Waals surface area contributed by atoms with Crippen molar-refractivity contribution in [3.8, 4) is 0 Å². The molecule has 5 heteroatoms. The monoisotopic (exact) mass is 227 g/mol. The summed E-state index contributed by atoms with van der Waals surface area (Å²) in [5, 5.41) is 3.48. The lowest BCUT2D eigenvalue weighted by Crippen LogP contribution is -2.39. The second-order valence-electron chi connectivity index (χ2n) is 3.62. The number of pyridine rings is 1. The smallest absolute Gasteiger partial charge is 0.240 e. The third kappa shape index (κ3) is 3.09. The average molecular weight is 228 g/mol. The summed E-state index contributed by atoms with van der Waals surface area (Å²) in [6, 6.07) is 1.28. The average Bonchev–Trinajstić information content (AvgIpc) is 2.15. The summed E-state index contributed by atoms with van der Waals surface area (Å²) in [6.45, 7) is 3.83. The number of anilines is 1. The van der Waals surface area contributed by atoms with Crippen LogP contribution in [0.1, 0.15) is 13.8 Å². The molecule has 1 atom stereocenters. The van der Waals surface area contributed by atoms with Gasteiger partial charge in [-0.3, -0.25) is 9.78 Å². The minimum atomic E-state index is -0.426. The molecule has 1 aromatic heterocycles. The number of nitrogens with two attached hydrogens (primary N) is 1. The number of carbonyl (C=O) groups is 1. The van der Waals surface area contributed by atoms with E-state index in [2.05, 4.69) is 10.3 Å². The molecule has 0 aliphatic carbocycles. The van der Waals surface area contributed by atoms with E-state index in [1.165, 1.54) is 6.20 Å². The summed E-state index contributed by atoms with van der Waals surface area (Å²) in [5.74, 6) is -0.287. The van der Waals surface area contributed by atoms with Gasteiger partial charge in [-0.05, 0) is 12.0 Å². The molecule has 0 fully saturated rings. The first-order valence-electron chi connectivity index (χ1n) is 4.67. The van der Waals surface area contributed by atoms with Crippen LogP contribution in [-0.4, -0.2) is 16.9 Å². The number of rotatable bonds is 4. The normalized spacial score (nSPS) is 12.5. The first kappa shape index (κ1) is 11.8. The third-order valence-corrected chi connectivity index (χ3v) is 2.36. The van der Waals surface area contributed by atoms with E-state index in [4.69, 9.17) is 17.3 Å². The zero-order chi connectivity index (χ0) is 11.4. The minimum Gasteiger partial charge on any atom is -0.372 e. The van der Waals surface area contributed by atoms with Gasteiger partial charge in [0.25, 0.3) is 0 Å². The molecule has 15 heavy (non-hydrogen) atoms. The highest BCUT2D eigenvalue weighted by Gasteiger charge is 2.19. The quantitative estimate of drug-likeness (QED) is 0.822. The van der Waals surface area contributed by atoms with Gasteiger partial charge in [0.2, 0.25) is 5.91 Å². The molecule has 0 aliphatic rings. The Balaban J connectivity index is 2.84. The number of nitrogens with zero attached hydrogens (tertiary/aromatic N) is 1. The summed E-state index contributed by atoms with van der Waals surface area (Å²) in [6.07, 6.45) is 3.12. The topological polar surface area (TPSA) is 68.0 Å². The molecule has 1 heterocycles. The van der Waals surface area contributed by atoms with Gasteiger partial charge in [0, 0.05) is 12.4 Å². The first-order valence-corrected chi connectivity index (χ1v) is 5.05. The highest BCUT2D eigenvalue weighted by Crippen LogP contribution is 2.21. The second-order valence-corrected chi connectivity index (χ2v) is 4.03. The van der Waals surface area contributed by atoms with Gasteiger partial charge in [0.05, 0.1) is 10.7 Å². The number of aromatic nitrogens is 1. The molecular formula is C10H14ClN3O. The van der Waals surface area contributed by atoms with E-state index >= 15 is 0 Å². The van der Waals surface area contributed by atoms with E-state index in [9.17, 15) is 4.79 Å². The molecule has 0 saturated carbocycles. The molecule has 1 unspecified atom stereocenters. The van der Waals surface area contributed by atoms with Crippen molar-refractivity contribution in [3.63, 3.8) is 0 Å². The number of amides is 1. The maximum atomic E-state index is 11.2. The van der Waals surface area contributed by atoms with Crippen molar-refractivity contribution in [2.45, 2.75) is 19.9 Å². The van der Waals surface area contributed by atoms with Crippen LogP contribution in [0.25, 0.3) is 0 Å². The van der Waals surface area contributed by atoms with E-state index in [1.54, 1.807) is 12.3 Å². The molecule has 1 aromatic rings. The Morgan fingerprint density at radius 1 is 1.60 bits per heavy atom. The van der Waals surface area contributed by atoms with Crippen molar-refractivity contribution < 1.29 is 4.79 Å². The zero-order valence-electron chi connectivity index (χ0n) is 8.70. The van der Waals surface area contributed by atoms with Gasteiger partial charge in [-0.2, -0.15) is 0 Å². The predicted molar refractivity (Wildman–Crippen MR) is 60.7 cm³/mol. The maximum Gasteiger partial charge on any atom is 0.240 e. The minimum absolute atomic E-state index is 0.103. The molecule has 3 N–H and O–H groups in total. The molecule has 82 valence electrons. The molecule has 0 aliphatic heterocycles. The van der Waals surface area contributed by atoms with Crippen molar-refractivity contribution in [2.24, 2.45) is 11.7 Å². The number of hydrogen-bond acceptors (Lipinski definition) is 3. The van der Waals surface area contributed by atoms with Gasteiger partial charge in [-0.1, -0.05) is 25.4 Å². The molecule has 0 saturated heterocycles. The summed E-state index contributed by atoms with van der Waals surface area (Å²) < 4.78 is 0. The van der Waals surface area contributed by atoms with Crippen molar-refractivity contribution >= 4 is 23.2 Å². The highest BCUT2D eigenvalue weighted by atomic mass is 35.5. The molecule has 4 nitrogen and oxygen atoms in total. The van der Waals surface area contributed by atoms with Crippen LogP contribution in [0.2, 0.25) is 5.02 Å². The molecule has 0 spiro atoms. The molecule has 0 radical (unpaired) electrons. The van der Waals surface area contributed by atoms with E-state index < -0.39 is 11.9 Å². The van der Waals surface area contributed by atoms with Crippen LogP contribution < -0.4 is 11.1 Å². The van der Waals surface area contributed by atoms with Crippen molar-refractivity contribution in [1.82, 2.24) is 4.98 Å². The molecule has 1 rings (SSSR count). The van der Waals surface area contributed by atoms with Crippen molar-refractivity contribution in [3.05, 3.63) is 23.5 Å². The Morgan fingerprint density at radius 3 is 2.73 bits per heavy atom. The van der Waals surface area contributed by atoms with Gasteiger partial charge in [0.15, 0.2) is 0 Å². The van der Waals surface area contributed by atoms with Gasteiger partial charge >= 0.3 is 0 Å². The Bertz CT molecular complexity index is 354. The van der Waals surface area contributed by atoms with Crippen LogP contribution in [-0.2, 0) is 4.79 Å². The lowest BCUT2D eigenvalue weighted by atomic mass is 10.0. The summed E-state index contributed by atoms with van der Waals surface area (Å²) in [5.41, 5.74) is 5.95. The molecule has 0 aromatic carbocycles. The number of halogens is 1. The van der Waals surface area contributed by atoms with Crippen LogP contribution in [0.15, 0.2) is 18.5 Å². The summed E-state index contributed by atoms with van der Waals surface area (Å²) in [7, 11) is 0. The van der Waals surface area contributed by atoms with E-state index in [0.29, 0.717) is 10.7 Å². The fourth-order valence-corrected chi connectivity index (χ4v) is 1.40. The Morgan fingerprint density at radius 2 is 2.27 bits per heavy atom. The molecule has 1 amide bonds. The highest BCUT2D eigenvalue weighted by molar-refractivity contribution is 6.33.